The van der Waals surface area contributed by atoms with Crippen molar-refractivity contribution in [3.63, 3.8) is 0 Å². The SMILES string of the molecule is Cc1nc(NN)cc(Nc2c(Br)cccc2Br)n1. The van der Waals surface area contributed by atoms with Crippen LogP contribution in [0.1, 0.15) is 5.82 Å². The molecule has 18 heavy (non-hydrogen) atoms. The zero-order valence-corrected chi connectivity index (χ0v) is 12.7. The van der Waals surface area contributed by atoms with Gasteiger partial charge >= 0.3 is 0 Å². The number of hydrogen-bond acceptors (Lipinski definition) is 5. The first-order valence-electron chi connectivity index (χ1n) is 5.13. The first-order valence-corrected chi connectivity index (χ1v) is 6.72. The third-order valence-electron chi connectivity index (χ3n) is 2.20. The van der Waals surface area contributed by atoms with Gasteiger partial charge in [-0.2, -0.15) is 0 Å². The van der Waals surface area contributed by atoms with Crippen LogP contribution in [0.15, 0.2) is 33.2 Å². The van der Waals surface area contributed by atoms with Crippen LogP contribution in [0.4, 0.5) is 17.3 Å². The number of nitrogens with one attached hydrogen (secondary N) is 2. The number of aryl methyl sites for hydroxylation is 1. The Kier molecular flexibility index (Phi) is 4.15. The molecule has 0 bridgehead atoms. The van der Waals surface area contributed by atoms with Gasteiger partial charge in [0.2, 0.25) is 0 Å². The van der Waals surface area contributed by atoms with Crippen LogP contribution in [0, 0.1) is 6.92 Å². The van der Waals surface area contributed by atoms with Crippen LogP contribution in [-0.2, 0) is 0 Å². The maximum Gasteiger partial charge on any atom is 0.145 e. The molecule has 0 radical (unpaired) electrons. The van der Waals surface area contributed by atoms with Gasteiger partial charge in [-0.05, 0) is 50.9 Å². The lowest BCUT2D eigenvalue weighted by molar-refractivity contribution is 1.05. The maximum absolute atomic E-state index is 5.35. The van der Waals surface area contributed by atoms with Gasteiger partial charge in [0, 0.05) is 15.0 Å². The second-order valence-corrected chi connectivity index (χ2v) is 5.26. The van der Waals surface area contributed by atoms with Crippen molar-refractivity contribution in [1.29, 1.82) is 0 Å². The van der Waals surface area contributed by atoms with E-state index in [1.54, 1.807) is 13.0 Å². The fourth-order valence-corrected chi connectivity index (χ4v) is 2.65. The van der Waals surface area contributed by atoms with Crippen molar-refractivity contribution in [1.82, 2.24) is 9.97 Å². The predicted molar refractivity (Wildman–Crippen MR) is 79.7 cm³/mol. The molecule has 0 fully saturated rings. The van der Waals surface area contributed by atoms with Gasteiger partial charge in [-0.25, -0.2) is 15.8 Å². The molecule has 0 amide bonds. The number of para-hydroxylation sites is 1. The van der Waals surface area contributed by atoms with Crippen LogP contribution in [0.5, 0.6) is 0 Å². The van der Waals surface area contributed by atoms with Crippen molar-refractivity contribution in [3.8, 4) is 0 Å². The molecule has 0 spiro atoms. The summed E-state index contributed by atoms with van der Waals surface area (Å²) in [6.07, 6.45) is 0. The molecule has 0 atom stereocenters. The fraction of sp³-hybridized carbons (Fsp3) is 0.0909. The molecule has 1 aromatic carbocycles. The normalized spacial score (nSPS) is 10.2. The Morgan fingerprint density at radius 2 is 1.72 bits per heavy atom. The molecule has 1 aromatic heterocycles. The number of nitrogen functional groups attached to an aromatic ring is 1. The van der Waals surface area contributed by atoms with E-state index in [1.165, 1.54) is 0 Å². The van der Waals surface area contributed by atoms with Crippen molar-refractivity contribution >= 4 is 49.2 Å². The summed E-state index contributed by atoms with van der Waals surface area (Å²) in [5, 5.41) is 3.22. The Morgan fingerprint density at radius 1 is 1.11 bits per heavy atom. The number of benzene rings is 1. The largest absolute Gasteiger partial charge is 0.338 e. The smallest absolute Gasteiger partial charge is 0.145 e. The summed E-state index contributed by atoms with van der Waals surface area (Å²) in [6.45, 7) is 1.81. The van der Waals surface area contributed by atoms with E-state index in [-0.39, 0.29) is 0 Å². The average molecular weight is 373 g/mol. The lowest BCUT2D eigenvalue weighted by Crippen LogP contribution is -2.10. The van der Waals surface area contributed by atoms with E-state index in [0.717, 1.165) is 14.6 Å². The molecule has 7 heteroatoms. The summed E-state index contributed by atoms with van der Waals surface area (Å²) in [5.74, 6) is 7.22. The van der Waals surface area contributed by atoms with E-state index < -0.39 is 0 Å². The molecule has 0 saturated carbocycles. The number of aromatic nitrogens is 2. The molecule has 0 unspecified atom stereocenters. The highest BCUT2D eigenvalue weighted by atomic mass is 79.9. The summed E-state index contributed by atoms with van der Waals surface area (Å²) >= 11 is 6.96. The van der Waals surface area contributed by atoms with Gasteiger partial charge in [0.15, 0.2) is 0 Å². The van der Waals surface area contributed by atoms with Crippen LogP contribution < -0.4 is 16.6 Å². The van der Waals surface area contributed by atoms with E-state index in [4.69, 9.17) is 5.84 Å². The number of rotatable bonds is 3. The molecule has 5 nitrogen and oxygen atoms in total. The van der Waals surface area contributed by atoms with Crippen molar-refractivity contribution in [2.45, 2.75) is 6.92 Å². The van der Waals surface area contributed by atoms with E-state index in [2.05, 4.69) is 52.6 Å². The summed E-state index contributed by atoms with van der Waals surface area (Å²) in [6, 6.07) is 7.57. The van der Waals surface area contributed by atoms with Crippen LogP contribution in [0.2, 0.25) is 0 Å². The molecule has 0 aliphatic rings. The van der Waals surface area contributed by atoms with Gasteiger partial charge in [0.1, 0.15) is 17.5 Å². The third-order valence-corrected chi connectivity index (χ3v) is 3.52. The minimum Gasteiger partial charge on any atom is -0.338 e. The standard InChI is InChI=1S/C11H11Br2N5/c1-6-15-9(5-10(16-6)18-14)17-11-7(12)3-2-4-8(11)13/h2-5H,14H2,1H3,(H2,15,16,17,18). The molecular formula is C11H11Br2N5. The summed E-state index contributed by atoms with van der Waals surface area (Å²) < 4.78 is 1.88. The Morgan fingerprint density at radius 3 is 2.33 bits per heavy atom. The van der Waals surface area contributed by atoms with Crippen molar-refractivity contribution in [3.05, 3.63) is 39.0 Å². The molecular weight excluding hydrogens is 362 g/mol. The fourth-order valence-electron chi connectivity index (χ4n) is 1.45. The van der Waals surface area contributed by atoms with Gasteiger partial charge in [-0.15, -0.1) is 0 Å². The van der Waals surface area contributed by atoms with Crippen molar-refractivity contribution in [2.75, 3.05) is 10.7 Å². The van der Waals surface area contributed by atoms with Gasteiger partial charge in [-0.3, -0.25) is 0 Å². The third kappa shape index (κ3) is 2.98. The minimum atomic E-state index is 0.563. The number of anilines is 3. The Balaban J connectivity index is 2.37. The van der Waals surface area contributed by atoms with E-state index >= 15 is 0 Å². The molecule has 1 heterocycles. The minimum absolute atomic E-state index is 0.563. The Hall–Kier alpha value is -1.18. The number of nitrogens with two attached hydrogens (primary N) is 1. The Labute approximate surface area is 121 Å². The predicted octanol–water partition coefficient (Wildman–Crippen LogP) is 3.34. The van der Waals surface area contributed by atoms with E-state index in [9.17, 15) is 0 Å². The lowest BCUT2D eigenvalue weighted by Gasteiger charge is -2.11. The second kappa shape index (κ2) is 5.64. The molecule has 2 rings (SSSR count). The molecule has 0 aliphatic carbocycles. The highest BCUT2D eigenvalue weighted by molar-refractivity contribution is 9.11. The monoisotopic (exact) mass is 371 g/mol. The van der Waals surface area contributed by atoms with Gasteiger partial charge in [0.25, 0.3) is 0 Å². The second-order valence-electron chi connectivity index (χ2n) is 3.55. The van der Waals surface area contributed by atoms with Crippen LogP contribution in [-0.4, -0.2) is 9.97 Å². The number of halogens is 2. The molecule has 2 aromatic rings. The molecule has 0 saturated heterocycles. The Bertz CT molecular complexity index is 553. The van der Waals surface area contributed by atoms with Gasteiger partial charge < -0.3 is 10.7 Å². The van der Waals surface area contributed by atoms with Crippen molar-refractivity contribution < 1.29 is 0 Å². The van der Waals surface area contributed by atoms with E-state index in [0.29, 0.717) is 17.5 Å². The summed E-state index contributed by atoms with van der Waals surface area (Å²) in [4.78, 5) is 8.43. The number of hydrazine groups is 1. The van der Waals surface area contributed by atoms with E-state index in [1.807, 2.05) is 18.2 Å². The highest BCUT2D eigenvalue weighted by Crippen LogP contribution is 2.32. The van der Waals surface area contributed by atoms with Crippen molar-refractivity contribution in [2.24, 2.45) is 5.84 Å². The first kappa shape index (κ1) is 13.3. The molecule has 0 aliphatic heterocycles. The summed E-state index contributed by atoms with van der Waals surface area (Å²) in [7, 11) is 0. The summed E-state index contributed by atoms with van der Waals surface area (Å²) in [5.41, 5.74) is 3.41. The van der Waals surface area contributed by atoms with Crippen LogP contribution in [0.3, 0.4) is 0 Å². The first-order chi connectivity index (χ1) is 8.60. The quantitative estimate of drug-likeness (QED) is 0.569. The van der Waals surface area contributed by atoms with Gasteiger partial charge in [0.05, 0.1) is 5.69 Å². The molecule has 4 N–H and O–H groups in total. The lowest BCUT2D eigenvalue weighted by atomic mass is 10.3. The number of nitrogens with zero attached hydrogens (tertiary/aromatic N) is 2. The maximum atomic E-state index is 5.35. The molecule has 94 valence electrons. The zero-order valence-electron chi connectivity index (χ0n) is 9.54. The van der Waals surface area contributed by atoms with Crippen LogP contribution >= 0.6 is 31.9 Å². The number of hydrogen-bond donors (Lipinski definition) is 3. The van der Waals surface area contributed by atoms with Crippen LogP contribution in [0.25, 0.3) is 0 Å². The topological polar surface area (TPSA) is 75.9 Å². The van der Waals surface area contributed by atoms with Gasteiger partial charge in [-0.1, -0.05) is 6.07 Å². The zero-order chi connectivity index (χ0) is 13.1. The average Bonchev–Trinajstić information content (AvgIpc) is 2.33. The highest BCUT2D eigenvalue weighted by Gasteiger charge is 2.07.